The summed E-state index contributed by atoms with van der Waals surface area (Å²) in [6.07, 6.45) is 0. The van der Waals surface area contributed by atoms with Crippen molar-refractivity contribution < 1.29 is 19.5 Å². The van der Waals surface area contributed by atoms with Crippen LogP contribution in [0.3, 0.4) is 0 Å². The Labute approximate surface area is 299 Å². The van der Waals surface area contributed by atoms with Gasteiger partial charge in [-0.25, -0.2) is 0 Å². The Morgan fingerprint density at radius 2 is 0.681 bits per heavy atom. The SMILES string of the molecule is CC(C)c1cc(C(c2ccccc2)c2ccccc2)c([N-][Si](C(C)C)(C(C)C)C(C)C)c(C(c2ccccc2)c2ccccc2)c1.[ZnH+]. The molecule has 0 aliphatic heterocycles. The number of hydrogen-bond donors (Lipinski definition) is 0. The molecule has 1 radical (unpaired) electrons. The van der Waals surface area contributed by atoms with Crippen molar-refractivity contribution in [3.63, 3.8) is 0 Å². The van der Waals surface area contributed by atoms with Crippen LogP contribution >= 0.6 is 0 Å². The van der Waals surface area contributed by atoms with Crippen molar-refractivity contribution in [2.45, 2.75) is 89.8 Å². The predicted octanol–water partition coefficient (Wildman–Crippen LogP) is 13.1. The van der Waals surface area contributed by atoms with Gasteiger partial charge in [0.15, 0.2) is 0 Å². The summed E-state index contributed by atoms with van der Waals surface area (Å²) in [6, 6.07) is 49.4. The molecule has 3 heteroatoms. The van der Waals surface area contributed by atoms with Crippen LogP contribution in [0.2, 0.25) is 16.6 Å². The summed E-state index contributed by atoms with van der Waals surface area (Å²) in [7, 11) is -2.25. The molecule has 0 amide bonds. The topological polar surface area (TPSA) is 14.1 Å². The van der Waals surface area contributed by atoms with Crippen LogP contribution < -0.4 is 0 Å². The Morgan fingerprint density at radius 3 is 0.915 bits per heavy atom. The predicted molar refractivity (Wildman–Crippen MR) is 204 cm³/mol. The Hall–Kier alpha value is -3.26. The molecular weight excluding hydrogens is 636 g/mol. The third kappa shape index (κ3) is 7.74. The third-order valence-corrected chi connectivity index (χ3v) is 16.3. The number of hydrogen-bond acceptors (Lipinski definition) is 0. The molecule has 0 aromatic heterocycles. The average molecular weight is 689 g/mol. The molecule has 0 atom stereocenters. The summed E-state index contributed by atoms with van der Waals surface area (Å²) < 4.78 is 0. The first-order valence-electron chi connectivity index (χ1n) is 17.3. The van der Waals surface area contributed by atoms with Crippen LogP contribution in [0.1, 0.15) is 112 Å². The Balaban J connectivity index is 0.00000500. The summed E-state index contributed by atoms with van der Waals surface area (Å²) in [4.78, 5) is 6.27. The van der Waals surface area contributed by atoms with Crippen molar-refractivity contribution in [1.82, 2.24) is 0 Å². The van der Waals surface area contributed by atoms with Crippen LogP contribution in [-0.2, 0) is 19.5 Å². The van der Waals surface area contributed by atoms with Crippen molar-refractivity contribution >= 4 is 13.9 Å². The minimum absolute atomic E-state index is 0. The van der Waals surface area contributed by atoms with E-state index in [9.17, 15) is 0 Å². The number of benzene rings is 5. The zero-order valence-electron chi connectivity index (χ0n) is 30.1. The molecule has 5 aromatic carbocycles. The first kappa shape index (κ1) is 36.6. The van der Waals surface area contributed by atoms with Crippen LogP contribution in [0.15, 0.2) is 133 Å². The quantitative estimate of drug-likeness (QED) is 0.0915. The summed E-state index contributed by atoms with van der Waals surface area (Å²) in [5.41, 5.74) is 11.9. The molecule has 1 nitrogen and oxygen atoms in total. The van der Waals surface area contributed by atoms with E-state index in [2.05, 4.69) is 189 Å². The van der Waals surface area contributed by atoms with E-state index in [1.807, 2.05) is 0 Å². The van der Waals surface area contributed by atoms with Gasteiger partial charge in [-0.15, -0.1) is 5.69 Å². The molecule has 5 aromatic rings. The van der Waals surface area contributed by atoms with Gasteiger partial charge in [0.1, 0.15) is 0 Å². The van der Waals surface area contributed by atoms with Crippen LogP contribution in [0.5, 0.6) is 0 Å². The van der Waals surface area contributed by atoms with E-state index in [4.69, 9.17) is 4.98 Å². The average Bonchev–Trinajstić information content (AvgIpc) is 3.06. The van der Waals surface area contributed by atoms with Crippen molar-refractivity contribution in [3.8, 4) is 0 Å². The van der Waals surface area contributed by atoms with Crippen molar-refractivity contribution in [1.29, 1.82) is 0 Å². The maximum absolute atomic E-state index is 6.27. The van der Waals surface area contributed by atoms with Gasteiger partial charge in [0, 0.05) is 11.8 Å². The van der Waals surface area contributed by atoms with Gasteiger partial charge in [-0.1, -0.05) is 217 Å². The van der Waals surface area contributed by atoms with E-state index in [-0.39, 0.29) is 31.3 Å². The van der Waals surface area contributed by atoms with Gasteiger partial charge in [0.2, 0.25) is 0 Å². The second-order valence-electron chi connectivity index (χ2n) is 14.2. The van der Waals surface area contributed by atoms with Gasteiger partial charge in [-0.05, 0) is 42.0 Å². The normalized spacial score (nSPS) is 12.0. The van der Waals surface area contributed by atoms with Gasteiger partial charge in [0.25, 0.3) is 0 Å². The van der Waals surface area contributed by atoms with Gasteiger partial charge < -0.3 is 4.98 Å². The van der Waals surface area contributed by atoms with E-state index in [0.717, 1.165) is 0 Å². The summed E-state index contributed by atoms with van der Waals surface area (Å²) >= 11 is 0. The maximum atomic E-state index is 6.27. The molecule has 0 heterocycles. The van der Waals surface area contributed by atoms with E-state index >= 15 is 0 Å². The molecule has 0 unspecified atom stereocenters. The monoisotopic (exact) mass is 687 g/mol. The Kier molecular flexibility index (Phi) is 12.6. The molecule has 0 fully saturated rings. The Bertz CT molecular complexity index is 1460. The van der Waals surface area contributed by atoms with Crippen LogP contribution in [0.25, 0.3) is 4.98 Å². The van der Waals surface area contributed by atoms with Gasteiger partial charge in [-0.2, -0.15) is 0 Å². The summed E-state index contributed by atoms with van der Waals surface area (Å²) in [6.45, 7) is 19.2. The minimum atomic E-state index is -2.25. The fourth-order valence-corrected chi connectivity index (χ4v) is 13.3. The molecule has 0 saturated heterocycles. The first-order chi connectivity index (χ1) is 22.1. The number of rotatable bonds is 12. The standard InChI is InChI=1S/C44H52NSi.Zn.H/c1-31(2)39-29-40(42(35-21-13-9-14-22-35)36-23-15-10-16-24-36)44(45-46(32(3)4,33(5)6)34(7)8)41(30-39)43(37-25-17-11-18-26-37)38-27-19-12-20-28-38;;/h9-34,42-43H,1-8H3;;/q-1;+1;. The molecular formula is C44H53NSiZn. The van der Waals surface area contributed by atoms with Gasteiger partial charge in [-0.3, -0.25) is 0 Å². The first-order valence-corrected chi connectivity index (χ1v) is 19.4. The third-order valence-electron chi connectivity index (χ3n) is 10.1. The fraction of sp³-hybridized carbons (Fsp3) is 0.318. The molecule has 47 heavy (non-hydrogen) atoms. The molecule has 5 rings (SSSR count). The zero-order chi connectivity index (χ0) is 32.8. The number of nitrogens with zero attached hydrogens (tertiary/aromatic N) is 1. The zero-order valence-corrected chi connectivity index (χ0v) is 35.3. The van der Waals surface area contributed by atoms with Gasteiger partial charge >= 0.3 is 19.5 Å². The molecule has 0 bridgehead atoms. The molecule has 0 aliphatic carbocycles. The molecule has 240 valence electrons. The molecule has 0 saturated carbocycles. The van der Waals surface area contributed by atoms with E-state index in [1.165, 1.54) is 44.6 Å². The fourth-order valence-electron chi connectivity index (χ4n) is 7.87. The van der Waals surface area contributed by atoms with Crippen LogP contribution in [-0.4, -0.2) is 8.24 Å². The second-order valence-corrected chi connectivity index (χ2v) is 19.6. The molecule has 0 aliphatic rings. The van der Waals surface area contributed by atoms with E-state index in [1.54, 1.807) is 0 Å². The molecule has 0 spiro atoms. The van der Waals surface area contributed by atoms with E-state index < -0.39 is 8.24 Å². The van der Waals surface area contributed by atoms with Crippen molar-refractivity contribution in [3.05, 3.63) is 177 Å². The van der Waals surface area contributed by atoms with Crippen molar-refractivity contribution in [2.75, 3.05) is 0 Å². The van der Waals surface area contributed by atoms with Crippen LogP contribution in [0, 0.1) is 0 Å². The van der Waals surface area contributed by atoms with Gasteiger partial charge in [0.05, 0.1) is 0 Å². The molecule has 0 N–H and O–H groups in total. The van der Waals surface area contributed by atoms with E-state index in [0.29, 0.717) is 22.5 Å². The second kappa shape index (κ2) is 16.2. The summed E-state index contributed by atoms with van der Waals surface area (Å²) in [5.74, 6) is 0.487. The summed E-state index contributed by atoms with van der Waals surface area (Å²) in [5, 5.41) is 0. The Morgan fingerprint density at radius 1 is 0.404 bits per heavy atom. The van der Waals surface area contributed by atoms with Crippen molar-refractivity contribution in [2.24, 2.45) is 0 Å². The van der Waals surface area contributed by atoms with Crippen LogP contribution in [0.4, 0.5) is 5.69 Å².